The topological polar surface area (TPSA) is 146 Å². The van der Waals surface area contributed by atoms with Crippen LogP contribution in [0.2, 0.25) is 0 Å². The zero-order chi connectivity index (χ0) is 19.4. The summed E-state index contributed by atoms with van der Waals surface area (Å²) in [5.41, 5.74) is 4.80. The fourth-order valence-corrected chi connectivity index (χ4v) is 2.79. The number of nitrogens with one attached hydrogen (secondary N) is 1. The van der Waals surface area contributed by atoms with Gasteiger partial charge in [-0.2, -0.15) is 4.98 Å². The van der Waals surface area contributed by atoms with Crippen molar-refractivity contribution in [3.63, 3.8) is 0 Å². The van der Waals surface area contributed by atoms with Crippen LogP contribution in [0.15, 0.2) is 17.1 Å². The summed E-state index contributed by atoms with van der Waals surface area (Å²) in [4.78, 5) is 39.8. The van der Waals surface area contributed by atoms with Crippen LogP contribution in [0.1, 0.15) is 32.9 Å². The molecule has 1 aliphatic rings. The predicted molar refractivity (Wildman–Crippen MR) is 90.8 cm³/mol. The summed E-state index contributed by atoms with van der Waals surface area (Å²) in [6.45, 7) is 3.80. The van der Waals surface area contributed by atoms with E-state index >= 15 is 0 Å². The summed E-state index contributed by atoms with van der Waals surface area (Å²) in [6, 6.07) is 0.573. The molecule has 0 saturated carbocycles. The van der Waals surface area contributed by atoms with Gasteiger partial charge in [0.15, 0.2) is 6.10 Å². The lowest BCUT2D eigenvalue weighted by Gasteiger charge is -2.21. The number of aromatic nitrogens is 2. The van der Waals surface area contributed by atoms with Crippen molar-refractivity contribution in [2.24, 2.45) is 5.92 Å². The highest BCUT2D eigenvalue weighted by Gasteiger charge is 2.41. The number of nitrogen functional groups attached to an aromatic ring is 1. The summed E-state index contributed by atoms with van der Waals surface area (Å²) in [6.07, 6.45) is -1.42. The predicted octanol–water partition coefficient (Wildman–Crippen LogP) is -0.822. The smallest absolute Gasteiger partial charge is 0.351 e. The molecule has 1 saturated heterocycles. The number of rotatable bonds is 6. The number of carbonyl (C=O) groups is 2. The van der Waals surface area contributed by atoms with Gasteiger partial charge in [-0.1, -0.05) is 13.8 Å². The molecule has 0 spiro atoms. The third-order valence-corrected chi connectivity index (χ3v) is 4.03. The van der Waals surface area contributed by atoms with E-state index in [9.17, 15) is 19.5 Å². The number of hydrogen-bond donors (Lipinski definition) is 3. The van der Waals surface area contributed by atoms with Crippen molar-refractivity contribution in [1.29, 1.82) is 0 Å². The number of nitrogens with two attached hydrogens (primary N) is 1. The van der Waals surface area contributed by atoms with Crippen molar-refractivity contribution in [1.82, 2.24) is 14.9 Å². The Hall–Kier alpha value is -2.46. The maximum absolute atomic E-state index is 12.5. The summed E-state index contributed by atoms with van der Waals surface area (Å²) < 4.78 is 11.4. The monoisotopic (exact) mass is 368 g/mol. The molecule has 4 N–H and O–H groups in total. The molecular formula is C16H24N4O6. The molecule has 10 heteroatoms. The van der Waals surface area contributed by atoms with E-state index in [1.54, 1.807) is 0 Å². The SMILES string of the molecule is COC(=O)C(CC(C)C)NC(=O)C1OC(n2ccc(N)nc2=O)CC1O. The number of nitrogens with zero attached hydrogens (tertiary/aromatic N) is 2. The third kappa shape index (κ3) is 4.58. The van der Waals surface area contributed by atoms with Crippen molar-refractivity contribution in [2.75, 3.05) is 12.8 Å². The Bertz CT molecular complexity index is 719. The van der Waals surface area contributed by atoms with Gasteiger partial charge in [0.2, 0.25) is 0 Å². The van der Waals surface area contributed by atoms with Crippen LogP contribution in [0.3, 0.4) is 0 Å². The van der Waals surface area contributed by atoms with Gasteiger partial charge in [-0.25, -0.2) is 9.59 Å². The highest BCUT2D eigenvalue weighted by molar-refractivity contribution is 5.87. The first-order chi connectivity index (χ1) is 12.2. The van der Waals surface area contributed by atoms with Crippen LogP contribution in [0, 0.1) is 5.92 Å². The van der Waals surface area contributed by atoms with E-state index in [2.05, 4.69) is 10.3 Å². The van der Waals surface area contributed by atoms with Crippen LogP contribution in [-0.2, 0) is 19.1 Å². The van der Waals surface area contributed by atoms with E-state index in [1.807, 2.05) is 13.8 Å². The van der Waals surface area contributed by atoms with Gasteiger partial charge < -0.3 is 25.6 Å². The standard InChI is InChI=1S/C16H24N4O6/c1-8(2)6-9(15(23)25-3)18-14(22)13-10(21)7-12(26-13)20-5-4-11(17)19-16(20)24/h4-5,8-10,12-13,21H,6-7H2,1-3H3,(H,18,22)(H2,17,19,24). The van der Waals surface area contributed by atoms with E-state index < -0.39 is 42.0 Å². The lowest BCUT2D eigenvalue weighted by Crippen LogP contribution is -2.49. The first-order valence-electron chi connectivity index (χ1n) is 8.29. The largest absolute Gasteiger partial charge is 0.467 e. The molecule has 0 aliphatic carbocycles. The molecule has 1 aromatic heterocycles. The molecular weight excluding hydrogens is 344 g/mol. The van der Waals surface area contributed by atoms with E-state index in [0.29, 0.717) is 6.42 Å². The Morgan fingerprint density at radius 1 is 1.54 bits per heavy atom. The molecule has 2 heterocycles. The minimum absolute atomic E-state index is 0.0245. The van der Waals surface area contributed by atoms with Gasteiger partial charge in [-0.15, -0.1) is 0 Å². The molecule has 144 valence electrons. The van der Waals surface area contributed by atoms with E-state index in [-0.39, 0.29) is 18.2 Å². The van der Waals surface area contributed by atoms with Crippen LogP contribution in [-0.4, -0.2) is 51.9 Å². The Balaban J connectivity index is 2.09. The molecule has 4 atom stereocenters. The summed E-state index contributed by atoms with van der Waals surface area (Å²) in [5.74, 6) is -1.02. The van der Waals surface area contributed by atoms with Crippen LogP contribution < -0.4 is 16.7 Å². The zero-order valence-corrected chi connectivity index (χ0v) is 14.9. The van der Waals surface area contributed by atoms with Gasteiger partial charge in [0.25, 0.3) is 5.91 Å². The average molecular weight is 368 g/mol. The number of anilines is 1. The van der Waals surface area contributed by atoms with E-state index in [4.69, 9.17) is 15.2 Å². The summed E-state index contributed by atoms with van der Waals surface area (Å²) in [7, 11) is 1.24. The Kier molecular flexibility index (Phi) is 6.32. The molecule has 0 bridgehead atoms. The zero-order valence-electron chi connectivity index (χ0n) is 14.9. The van der Waals surface area contributed by atoms with Gasteiger partial charge in [0.05, 0.1) is 13.2 Å². The molecule has 1 aliphatic heterocycles. The highest BCUT2D eigenvalue weighted by atomic mass is 16.5. The van der Waals surface area contributed by atoms with Gasteiger partial charge >= 0.3 is 11.7 Å². The van der Waals surface area contributed by atoms with E-state index in [0.717, 1.165) is 4.57 Å². The Morgan fingerprint density at radius 2 is 2.23 bits per heavy atom. The maximum Gasteiger partial charge on any atom is 0.351 e. The normalized spacial score (nSPS) is 23.7. The molecule has 10 nitrogen and oxygen atoms in total. The second kappa shape index (κ2) is 8.28. The minimum atomic E-state index is -1.22. The number of esters is 1. The molecule has 4 unspecified atom stereocenters. The number of aliphatic hydroxyl groups is 1. The van der Waals surface area contributed by atoms with Gasteiger partial charge in [0.1, 0.15) is 18.1 Å². The van der Waals surface area contributed by atoms with Crippen molar-refractivity contribution in [3.8, 4) is 0 Å². The number of amides is 1. The number of aliphatic hydroxyl groups excluding tert-OH is 1. The molecule has 26 heavy (non-hydrogen) atoms. The molecule has 1 aromatic rings. The quantitative estimate of drug-likeness (QED) is 0.552. The second-order valence-corrected chi connectivity index (χ2v) is 6.57. The first-order valence-corrected chi connectivity index (χ1v) is 8.29. The summed E-state index contributed by atoms with van der Waals surface area (Å²) >= 11 is 0. The number of ether oxygens (including phenoxy) is 2. The maximum atomic E-state index is 12.5. The number of carbonyl (C=O) groups excluding carboxylic acids is 2. The lowest BCUT2D eigenvalue weighted by molar-refractivity contribution is -0.149. The first kappa shape index (κ1) is 19.9. The minimum Gasteiger partial charge on any atom is -0.467 e. The Labute approximate surface area is 150 Å². The van der Waals surface area contributed by atoms with Gasteiger partial charge in [0, 0.05) is 12.6 Å². The van der Waals surface area contributed by atoms with Crippen LogP contribution in [0.25, 0.3) is 0 Å². The molecule has 0 radical (unpaired) electrons. The second-order valence-electron chi connectivity index (χ2n) is 6.57. The van der Waals surface area contributed by atoms with Crippen LogP contribution >= 0.6 is 0 Å². The van der Waals surface area contributed by atoms with Crippen molar-refractivity contribution >= 4 is 17.7 Å². The average Bonchev–Trinajstić information content (AvgIpc) is 2.94. The molecule has 1 fully saturated rings. The lowest BCUT2D eigenvalue weighted by atomic mass is 10.0. The fraction of sp³-hybridized carbons (Fsp3) is 0.625. The number of methoxy groups -OCH3 is 1. The number of hydrogen-bond acceptors (Lipinski definition) is 8. The van der Waals surface area contributed by atoms with Crippen molar-refractivity contribution < 1.29 is 24.2 Å². The highest BCUT2D eigenvalue weighted by Crippen LogP contribution is 2.28. The third-order valence-electron chi connectivity index (χ3n) is 4.03. The van der Waals surface area contributed by atoms with Gasteiger partial charge in [-0.3, -0.25) is 9.36 Å². The fourth-order valence-electron chi connectivity index (χ4n) is 2.79. The Morgan fingerprint density at radius 3 is 2.81 bits per heavy atom. The molecule has 2 rings (SSSR count). The van der Waals surface area contributed by atoms with Crippen molar-refractivity contribution in [3.05, 3.63) is 22.7 Å². The van der Waals surface area contributed by atoms with Crippen LogP contribution in [0.5, 0.6) is 0 Å². The molecule has 0 aromatic carbocycles. The van der Waals surface area contributed by atoms with Crippen LogP contribution in [0.4, 0.5) is 5.82 Å². The van der Waals surface area contributed by atoms with E-state index in [1.165, 1.54) is 19.4 Å². The van der Waals surface area contributed by atoms with Gasteiger partial charge in [-0.05, 0) is 18.4 Å². The van der Waals surface area contributed by atoms with Crippen molar-refractivity contribution in [2.45, 2.75) is 51.2 Å². The molecule has 1 amide bonds. The summed E-state index contributed by atoms with van der Waals surface area (Å²) in [5, 5.41) is 12.7.